The summed E-state index contributed by atoms with van der Waals surface area (Å²) in [5, 5.41) is 9.48. The molecular formula is C13H16ClNO3. The lowest BCUT2D eigenvalue weighted by Crippen LogP contribution is -2.21. The van der Waals surface area contributed by atoms with Crippen molar-refractivity contribution < 1.29 is 14.6 Å². The molecule has 4 nitrogen and oxygen atoms in total. The second-order valence-corrected chi connectivity index (χ2v) is 5.05. The molecular weight excluding hydrogens is 254 g/mol. The molecule has 98 valence electrons. The van der Waals surface area contributed by atoms with Gasteiger partial charge in [0.15, 0.2) is 0 Å². The number of benzene rings is 1. The number of halogens is 1. The number of aliphatic carboxylic acids is 1. The monoisotopic (exact) mass is 269 g/mol. The number of rotatable bonds is 5. The molecule has 0 radical (unpaired) electrons. The van der Waals surface area contributed by atoms with Crippen LogP contribution in [0.4, 0.5) is 5.69 Å². The van der Waals surface area contributed by atoms with Gasteiger partial charge >= 0.3 is 5.97 Å². The standard InChI is InChI=1S/C13H16ClNO3/c1-15(7-8-5-10(8)13(16)17)12-4-3-9(18-2)6-11(12)14/h3-4,6,8,10H,5,7H2,1-2H3,(H,16,17). The number of carboxylic acids is 1. The van der Waals surface area contributed by atoms with E-state index in [1.807, 2.05) is 24.1 Å². The van der Waals surface area contributed by atoms with E-state index in [9.17, 15) is 4.79 Å². The van der Waals surface area contributed by atoms with Crippen LogP contribution in [0.25, 0.3) is 0 Å². The van der Waals surface area contributed by atoms with Crippen molar-refractivity contribution in [3.63, 3.8) is 0 Å². The minimum atomic E-state index is -0.700. The van der Waals surface area contributed by atoms with Crippen molar-refractivity contribution in [1.82, 2.24) is 0 Å². The number of anilines is 1. The molecule has 1 aliphatic carbocycles. The zero-order valence-corrected chi connectivity index (χ0v) is 11.1. The average Bonchev–Trinajstić information content (AvgIpc) is 3.08. The van der Waals surface area contributed by atoms with E-state index in [0.29, 0.717) is 17.3 Å². The minimum Gasteiger partial charge on any atom is -0.497 e. The van der Waals surface area contributed by atoms with Crippen LogP contribution in [0.15, 0.2) is 18.2 Å². The molecule has 0 spiro atoms. The van der Waals surface area contributed by atoms with Crippen LogP contribution in [0.2, 0.25) is 5.02 Å². The highest BCUT2D eigenvalue weighted by Gasteiger charge is 2.43. The Hall–Kier alpha value is -1.42. The fraction of sp³-hybridized carbons (Fsp3) is 0.462. The molecule has 1 aromatic rings. The molecule has 1 aliphatic rings. The second-order valence-electron chi connectivity index (χ2n) is 4.64. The first-order valence-corrected chi connectivity index (χ1v) is 6.18. The van der Waals surface area contributed by atoms with Gasteiger partial charge in [-0.3, -0.25) is 4.79 Å². The first-order chi connectivity index (χ1) is 8.52. The normalized spacial score (nSPS) is 21.5. The number of ether oxygens (including phenoxy) is 1. The van der Waals surface area contributed by atoms with Gasteiger partial charge in [0.25, 0.3) is 0 Å². The SMILES string of the molecule is COc1ccc(N(C)CC2CC2C(=O)O)c(Cl)c1. The number of methoxy groups -OCH3 is 1. The molecule has 1 aromatic carbocycles. The number of nitrogens with zero attached hydrogens (tertiary/aromatic N) is 1. The summed E-state index contributed by atoms with van der Waals surface area (Å²) in [6, 6.07) is 5.49. The highest BCUT2D eigenvalue weighted by atomic mass is 35.5. The van der Waals surface area contributed by atoms with Crippen LogP contribution in [0.1, 0.15) is 6.42 Å². The van der Waals surface area contributed by atoms with Crippen molar-refractivity contribution in [3.8, 4) is 5.75 Å². The summed E-state index contributed by atoms with van der Waals surface area (Å²) >= 11 is 6.17. The van der Waals surface area contributed by atoms with Gasteiger partial charge in [-0.15, -0.1) is 0 Å². The highest BCUT2D eigenvalue weighted by Crippen LogP contribution is 2.40. The molecule has 0 heterocycles. The van der Waals surface area contributed by atoms with Crippen molar-refractivity contribution in [3.05, 3.63) is 23.2 Å². The molecule has 2 unspecified atom stereocenters. The molecule has 2 rings (SSSR count). The van der Waals surface area contributed by atoms with Gasteiger partial charge in [0, 0.05) is 19.7 Å². The van der Waals surface area contributed by atoms with Gasteiger partial charge < -0.3 is 14.7 Å². The zero-order valence-electron chi connectivity index (χ0n) is 10.4. The molecule has 1 fully saturated rings. The van der Waals surface area contributed by atoms with Crippen molar-refractivity contribution >= 4 is 23.3 Å². The molecule has 0 aromatic heterocycles. The maximum Gasteiger partial charge on any atom is 0.306 e. The van der Waals surface area contributed by atoms with E-state index in [4.69, 9.17) is 21.4 Å². The Kier molecular flexibility index (Phi) is 3.66. The van der Waals surface area contributed by atoms with E-state index >= 15 is 0 Å². The zero-order chi connectivity index (χ0) is 13.3. The predicted octanol–water partition coefficient (Wildman–Crippen LogP) is 2.51. The predicted molar refractivity (Wildman–Crippen MR) is 70.5 cm³/mol. The lowest BCUT2D eigenvalue weighted by Gasteiger charge is -2.20. The van der Waals surface area contributed by atoms with Gasteiger partial charge in [-0.25, -0.2) is 0 Å². The number of carboxylic acid groups (broad SMARTS) is 1. The van der Waals surface area contributed by atoms with E-state index in [1.54, 1.807) is 13.2 Å². The average molecular weight is 270 g/mol. The van der Waals surface area contributed by atoms with Crippen molar-refractivity contribution in [2.45, 2.75) is 6.42 Å². The summed E-state index contributed by atoms with van der Waals surface area (Å²) in [6.07, 6.45) is 0.757. The second kappa shape index (κ2) is 5.06. The van der Waals surface area contributed by atoms with Crippen LogP contribution in [0.5, 0.6) is 5.75 Å². The first-order valence-electron chi connectivity index (χ1n) is 5.80. The minimum absolute atomic E-state index is 0.190. The fourth-order valence-corrected chi connectivity index (χ4v) is 2.44. The third kappa shape index (κ3) is 2.70. The molecule has 0 amide bonds. The third-order valence-electron chi connectivity index (χ3n) is 3.31. The Morgan fingerprint density at radius 2 is 2.33 bits per heavy atom. The molecule has 18 heavy (non-hydrogen) atoms. The molecule has 1 N–H and O–H groups in total. The fourth-order valence-electron chi connectivity index (χ4n) is 2.13. The molecule has 0 bridgehead atoms. The summed E-state index contributed by atoms with van der Waals surface area (Å²) in [6.45, 7) is 0.711. The van der Waals surface area contributed by atoms with E-state index in [1.165, 1.54) is 0 Å². The van der Waals surface area contributed by atoms with Crippen molar-refractivity contribution in [1.29, 1.82) is 0 Å². The van der Waals surface area contributed by atoms with Crippen LogP contribution in [0.3, 0.4) is 0 Å². The van der Waals surface area contributed by atoms with Crippen LogP contribution < -0.4 is 9.64 Å². The maximum absolute atomic E-state index is 10.8. The van der Waals surface area contributed by atoms with E-state index in [0.717, 1.165) is 12.1 Å². The third-order valence-corrected chi connectivity index (χ3v) is 3.62. The van der Waals surface area contributed by atoms with Gasteiger partial charge in [-0.1, -0.05) is 11.6 Å². The van der Waals surface area contributed by atoms with Gasteiger partial charge in [0.2, 0.25) is 0 Å². The first kappa shape index (κ1) is 13.0. The smallest absolute Gasteiger partial charge is 0.306 e. The largest absolute Gasteiger partial charge is 0.497 e. The lowest BCUT2D eigenvalue weighted by atomic mass is 10.2. The topological polar surface area (TPSA) is 49.8 Å². The van der Waals surface area contributed by atoms with Crippen LogP contribution in [-0.4, -0.2) is 31.8 Å². The molecule has 2 atom stereocenters. The van der Waals surface area contributed by atoms with Crippen LogP contribution in [-0.2, 0) is 4.79 Å². The van der Waals surface area contributed by atoms with E-state index in [-0.39, 0.29) is 11.8 Å². The summed E-state index contributed by atoms with van der Waals surface area (Å²) in [4.78, 5) is 12.8. The van der Waals surface area contributed by atoms with Gasteiger partial charge in [0.1, 0.15) is 5.75 Å². The Balaban J connectivity index is 2.01. The van der Waals surface area contributed by atoms with Gasteiger partial charge in [-0.05, 0) is 24.5 Å². The Morgan fingerprint density at radius 3 is 2.83 bits per heavy atom. The summed E-state index contributed by atoms with van der Waals surface area (Å²) in [5.74, 6) is 0.0522. The summed E-state index contributed by atoms with van der Waals surface area (Å²) in [7, 11) is 3.52. The van der Waals surface area contributed by atoms with Crippen LogP contribution >= 0.6 is 11.6 Å². The Bertz CT molecular complexity index is 464. The number of hydrogen-bond donors (Lipinski definition) is 1. The maximum atomic E-state index is 10.8. The number of hydrogen-bond acceptors (Lipinski definition) is 3. The molecule has 5 heteroatoms. The number of carbonyl (C=O) groups is 1. The van der Waals surface area contributed by atoms with Crippen molar-refractivity contribution in [2.75, 3.05) is 25.6 Å². The summed E-state index contributed by atoms with van der Waals surface area (Å²) < 4.78 is 5.09. The Morgan fingerprint density at radius 1 is 1.61 bits per heavy atom. The molecule has 0 aliphatic heterocycles. The summed E-state index contributed by atoms with van der Waals surface area (Å²) in [5.41, 5.74) is 0.897. The highest BCUT2D eigenvalue weighted by molar-refractivity contribution is 6.33. The van der Waals surface area contributed by atoms with E-state index < -0.39 is 5.97 Å². The molecule has 0 saturated heterocycles. The van der Waals surface area contributed by atoms with Gasteiger partial charge in [-0.2, -0.15) is 0 Å². The Labute approximate surface area is 111 Å². The lowest BCUT2D eigenvalue weighted by molar-refractivity contribution is -0.138. The van der Waals surface area contributed by atoms with Gasteiger partial charge in [0.05, 0.1) is 23.7 Å². The van der Waals surface area contributed by atoms with Crippen LogP contribution in [0, 0.1) is 11.8 Å². The quantitative estimate of drug-likeness (QED) is 0.892. The van der Waals surface area contributed by atoms with E-state index in [2.05, 4.69) is 0 Å². The van der Waals surface area contributed by atoms with Crippen molar-refractivity contribution in [2.24, 2.45) is 11.8 Å². The molecule has 1 saturated carbocycles.